The summed E-state index contributed by atoms with van der Waals surface area (Å²) in [6.45, 7) is 0. The van der Waals surface area contributed by atoms with Gasteiger partial charge in [-0.05, 0) is 96.1 Å². The maximum Gasteiger partial charge on any atom is 0.227 e. The molecule has 6 rings (SSSR count). The van der Waals surface area contributed by atoms with E-state index in [1.54, 1.807) is 12.4 Å². The van der Waals surface area contributed by atoms with E-state index in [9.17, 15) is 5.26 Å². The average molecular weight is 465 g/mol. The minimum atomic E-state index is 0.592. The van der Waals surface area contributed by atoms with Crippen LogP contribution < -0.4 is 4.90 Å². The van der Waals surface area contributed by atoms with E-state index in [2.05, 4.69) is 57.3 Å². The maximum absolute atomic E-state index is 9.25. The van der Waals surface area contributed by atoms with Crippen molar-refractivity contribution < 1.29 is 4.42 Å². The van der Waals surface area contributed by atoms with E-state index in [1.165, 1.54) is 0 Å². The van der Waals surface area contributed by atoms with Gasteiger partial charge in [0.25, 0.3) is 0 Å². The maximum atomic E-state index is 9.25. The second-order valence-electron chi connectivity index (χ2n) is 8.31. The van der Waals surface area contributed by atoms with Gasteiger partial charge in [0.05, 0.1) is 11.6 Å². The van der Waals surface area contributed by atoms with E-state index >= 15 is 0 Å². The molecule has 2 heterocycles. The molecule has 0 aliphatic rings. The van der Waals surface area contributed by atoms with E-state index in [0.717, 1.165) is 44.9 Å². The highest BCUT2D eigenvalue weighted by Crippen LogP contribution is 2.37. The number of nitrogens with zero attached hydrogens (tertiary/aromatic N) is 4. The van der Waals surface area contributed by atoms with Crippen LogP contribution >= 0.6 is 0 Å². The largest absolute Gasteiger partial charge is 0.436 e. The van der Waals surface area contributed by atoms with Crippen LogP contribution in [0.5, 0.6) is 0 Å². The van der Waals surface area contributed by atoms with E-state index < -0.39 is 0 Å². The summed E-state index contributed by atoms with van der Waals surface area (Å²) in [6, 6.07) is 38.1. The summed E-state index contributed by atoms with van der Waals surface area (Å²) < 4.78 is 5.94. The number of hydrogen-bond donors (Lipinski definition) is 0. The second-order valence-corrected chi connectivity index (χ2v) is 8.31. The first-order valence-electron chi connectivity index (χ1n) is 11.6. The molecule has 0 unspecified atom stereocenters. The molecule has 0 spiro atoms. The molecule has 0 radical (unpaired) electrons. The minimum absolute atomic E-state index is 0.592. The lowest BCUT2D eigenvalue weighted by Crippen LogP contribution is -2.09. The fourth-order valence-electron chi connectivity index (χ4n) is 4.23. The first kappa shape index (κ1) is 21.3. The Hall–Kier alpha value is -5.21. The van der Waals surface area contributed by atoms with Gasteiger partial charge in [0.2, 0.25) is 5.89 Å². The van der Waals surface area contributed by atoms with Crippen LogP contribution in [-0.2, 0) is 0 Å². The first-order chi connectivity index (χ1) is 17.8. The predicted molar refractivity (Wildman–Crippen MR) is 142 cm³/mol. The zero-order valence-electron chi connectivity index (χ0n) is 19.2. The Kier molecular flexibility index (Phi) is 5.45. The van der Waals surface area contributed by atoms with Crippen LogP contribution in [0.2, 0.25) is 0 Å². The van der Waals surface area contributed by atoms with Crippen molar-refractivity contribution in [1.29, 1.82) is 5.26 Å². The van der Waals surface area contributed by atoms with Crippen molar-refractivity contribution in [1.82, 2.24) is 9.97 Å². The van der Waals surface area contributed by atoms with Gasteiger partial charge in [0.1, 0.15) is 5.52 Å². The van der Waals surface area contributed by atoms with Crippen LogP contribution in [0.15, 0.2) is 126 Å². The summed E-state index contributed by atoms with van der Waals surface area (Å²) in [6.07, 6.45) is 3.59. The Bertz CT molecular complexity index is 1630. The molecule has 2 aromatic heterocycles. The molecule has 5 heteroatoms. The SMILES string of the molecule is N#Cc1ccc(N(c2ccc(-c3ccncc3)cc2)c2ccc(-c3nc4ccccc4o3)cc2)cc1. The number of rotatable bonds is 5. The van der Waals surface area contributed by atoms with Gasteiger partial charge in [-0.15, -0.1) is 0 Å². The fourth-order valence-corrected chi connectivity index (χ4v) is 4.23. The lowest BCUT2D eigenvalue weighted by molar-refractivity contribution is 0.620. The van der Waals surface area contributed by atoms with Crippen LogP contribution in [0.3, 0.4) is 0 Å². The Morgan fingerprint density at radius 3 is 1.78 bits per heavy atom. The van der Waals surface area contributed by atoms with Crippen LogP contribution in [0.25, 0.3) is 33.7 Å². The van der Waals surface area contributed by atoms with Gasteiger partial charge < -0.3 is 9.32 Å². The van der Waals surface area contributed by atoms with Gasteiger partial charge in [-0.25, -0.2) is 4.98 Å². The molecule has 0 aliphatic heterocycles. The van der Waals surface area contributed by atoms with Gasteiger partial charge in [-0.3, -0.25) is 4.98 Å². The van der Waals surface area contributed by atoms with Crippen molar-refractivity contribution in [3.05, 3.63) is 127 Å². The molecule has 5 nitrogen and oxygen atoms in total. The molecule has 0 N–H and O–H groups in total. The molecule has 0 bridgehead atoms. The summed E-state index contributed by atoms with van der Waals surface area (Å²) in [7, 11) is 0. The standard InChI is InChI=1S/C31H20N4O/c32-21-22-5-11-26(12-6-22)35(27-13-7-23(8-14-27)24-17-19-33-20-18-24)28-15-9-25(10-16-28)31-34-29-3-1-2-4-30(29)36-31/h1-20H. The Labute approximate surface area is 208 Å². The molecule has 0 amide bonds. The average Bonchev–Trinajstić information content (AvgIpc) is 3.39. The third-order valence-corrected chi connectivity index (χ3v) is 6.06. The molecule has 0 aliphatic carbocycles. The van der Waals surface area contributed by atoms with E-state index in [4.69, 9.17) is 4.42 Å². The van der Waals surface area contributed by atoms with Crippen molar-refractivity contribution in [3.63, 3.8) is 0 Å². The summed E-state index contributed by atoms with van der Waals surface area (Å²) in [5, 5.41) is 9.25. The lowest BCUT2D eigenvalue weighted by Gasteiger charge is -2.26. The van der Waals surface area contributed by atoms with Crippen LogP contribution in [0, 0.1) is 11.3 Å². The molecule has 6 aromatic rings. The van der Waals surface area contributed by atoms with Gasteiger partial charge in [-0.1, -0.05) is 24.3 Å². The quantitative estimate of drug-likeness (QED) is 0.259. The normalized spacial score (nSPS) is 10.8. The Morgan fingerprint density at radius 2 is 1.17 bits per heavy atom. The summed E-state index contributed by atoms with van der Waals surface area (Å²) >= 11 is 0. The van der Waals surface area contributed by atoms with Crippen molar-refractivity contribution >= 4 is 28.2 Å². The Morgan fingerprint density at radius 1 is 0.611 bits per heavy atom. The fraction of sp³-hybridized carbons (Fsp3) is 0. The monoisotopic (exact) mass is 464 g/mol. The lowest BCUT2D eigenvalue weighted by atomic mass is 10.1. The molecule has 170 valence electrons. The number of aromatic nitrogens is 2. The molecule has 0 fully saturated rings. The van der Waals surface area contributed by atoms with E-state index in [1.807, 2.05) is 72.8 Å². The number of benzene rings is 4. The van der Waals surface area contributed by atoms with Crippen molar-refractivity contribution in [2.45, 2.75) is 0 Å². The van der Waals surface area contributed by atoms with Gasteiger partial charge in [0, 0.05) is 35.0 Å². The molecule has 0 atom stereocenters. The highest BCUT2D eigenvalue weighted by molar-refractivity contribution is 5.80. The predicted octanol–water partition coefficient (Wildman–Crippen LogP) is 7.90. The number of oxazole rings is 1. The minimum Gasteiger partial charge on any atom is -0.436 e. The van der Waals surface area contributed by atoms with E-state index in [-0.39, 0.29) is 0 Å². The van der Waals surface area contributed by atoms with Crippen LogP contribution in [0.1, 0.15) is 5.56 Å². The number of pyridine rings is 1. The smallest absolute Gasteiger partial charge is 0.227 e. The van der Waals surface area contributed by atoms with Crippen molar-refractivity contribution in [2.75, 3.05) is 4.90 Å². The summed E-state index contributed by atoms with van der Waals surface area (Å²) in [5.41, 5.74) is 8.32. The number of para-hydroxylation sites is 2. The molecule has 4 aromatic carbocycles. The molecular weight excluding hydrogens is 444 g/mol. The van der Waals surface area contributed by atoms with E-state index in [0.29, 0.717) is 11.5 Å². The summed E-state index contributed by atoms with van der Waals surface area (Å²) in [5.74, 6) is 0.592. The van der Waals surface area contributed by atoms with Crippen molar-refractivity contribution in [3.8, 4) is 28.7 Å². The van der Waals surface area contributed by atoms with Crippen LogP contribution in [0.4, 0.5) is 17.1 Å². The molecule has 36 heavy (non-hydrogen) atoms. The highest BCUT2D eigenvalue weighted by atomic mass is 16.3. The topological polar surface area (TPSA) is 66.0 Å². The molecule has 0 saturated heterocycles. The second kappa shape index (κ2) is 9.21. The number of hydrogen-bond acceptors (Lipinski definition) is 5. The number of fused-ring (bicyclic) bond motifs is 1. The van der Waals surface area contributed by atoms with Gasteiger partial charge in [0.15, 0.2) is 5.58 Å². The van der Waals surface area contributed by atoms with Gasteiger partial charge in [-0.2, -0.15) is 5.26 Å². The zero-order chi connectivity index (χ0) is 24.3. The molecular formula is C31H20N4O. The molecule has 0 saturated carbocycles. The zero-order valence-corrected chi connectivity index (χ0v) is 19.2. The summed E-state index contributed by atoms with van der Waals surface area (Å²) in [4.78, 5) is 10.9. The Balaban J connectivity index is 1.38. The van der Waals surface area contributed by atoms with Gasteiger partial charge >= 0.3 is 0 Å². The third kappa shape index (κ3) is 4.08. The van der Waals surface area contributed by atoms with Crippen LogP contribution in [-0.4, -0.2) is 9.97 Å². The number of nitriles is 1. The number of anilines is 3. The third-order valence-electron chi connectivity index (χ3n) is 6.06. The highest BCUT2D eigenvalue weighted by Gasteiger charge is 2.14. The van der Waals surface area contributed by atoms with Crippen molar-refractivity contribution in [2.24, 2.45) is 0 Å². The first-order valence-corrected chi connectivity index (χ1v) is 11.6.